The summed E-state index contributed by atoms with van der Waals surface area (Å²) >= 11 is 11.9. The molecule has 1 fully saturated rings. The van der Waals surface area contributed by atoms with Crippen molar-refractivity contribution >= 4 is 29.2 Å². The van der Waals surface area contributed by atoms with E-state index in [0.717, 1.165) is 0 Å². The van der Waals surface area contributed by atoms with E-state index in [1.165, 1.54) is 7.11 Å². The third kappa shape index (κ3) is 2.17. The van der Waals surface area contributed by atoms with Gasteiger partial charge in [0.1, 0.15) is 5.41 Å². The van der Waals surface area contributed by atoms with Gasteiger partial charge >= 0.3 is 5.97 Å². The molecule has 1 aliphatic carbocycles. The molecule has 1 aromatic carbocycles. The molecule has 104 valence electrons. The van der Waals surface area contributed by atoms with Gasteiger partial charge in [-0.05, 0) is 31.0 Å². The van der Waals surface area contributed by atoms with Crippen molar-refractivity contribution in [2.75, 3.05) is 7.11 Å². The van der Waals surface area contributed by atoms with Crippen molar-refractivity contribution in [2.45, 2.75) is 18.3 Å². The second-order valence-electron chi connectivity index (χ2n) is 4.65. The number of methoxy groups -OCH3 is 1. The second kappa shape index (κ2) is 4.75. The molecule has 1 aromatic heterocycles. The average Bonchev–Trinajstić information content (AvgIpc) is 3.07. The molecular formula is C13H10Cl2N2O3. The molecule has 0 spiro atoms. The fraction of sp³-hybridized carbons (Fsp3) is 0.308. The predicted octanol–water partition coefficient (Wildman–Crippen LogP) is 3.25. The van der Waals surface area contributed by atoms with Crippen LogP contribution in [0.1, 0.15) is 18.7 Å². The number of esters is 1. The fourth-order valence-electron chi connectivity index (χ4n) is 2.04. The van der Waals surface area contributed by atoms with Crippen molar-refractivity contribution in [3.8, 4) is 11.4 Å². The fourth-order valence-corrected chi connectivity index (χ4v) is 2.57. The number of aromatic nitrogens is 2. The zero-order chi connectivity index (χ0) is 14.3. The quantitative estimate of drug-likeness (QED) is 0.814. The van der Waals surface area contributed by atoms with E-state index in [1.807, 2.05) is 0 Å². The first-order valence-corrected chi connectivity index (χ1v) is 6.70. The minimum atomic E-state index is -0.775. The standard InChI is InChI=1S/C13H10Cl2N2O3/c1-19-12(18)13(2-3-13)11-16-10(17-20-11)7-4-8(14)6-9(15)5-7/h4-6H,2-3H2,1H3. The van der Waals surface area contributed by atoms with Crippen molar-refractivity contribution in [1.29, 1.82) is 0 Å². The number of hydrogen-bond acceptors (Lipinski definition) is 5. The van der Waals surface area contributed by atoms with Crippen molar-refractivity contribution in [3.63, 3.8) is 0 Å². The van der Waals surface area contributed by atoms with Crippen LogP contribution in [0.2, 0.25) is 10.0 Å². The first-order chi connectivity index (χ1) is 9.55. The molecule has 0 bridgehead atoms. The molecule has 7 heteroatoms. The Labute approximate surface area is 124 Å². The van der Waals surface area contributed by atoms with Crippen LogP contribution in [0.15, 0.2) is 22.7 Å². The van der Waals surface area contributed by atoms with Gasteiger partial charge < -0.3 is 9.26 Å². The Kier molecular flexibility index (Phi) is 3.18. The average molecular weight is 313 g/mol. The van der Waals surface area contributed by atoms with Gasteiger partial charge in [-0.1, -0.05) is 28.4 Å². The lowest BCUT2D eigenvalue weighted by atomic mass is 10.1. The number of hydrogen-bond donors (Lipinski definition) is 0. The molecule has 20 heavy (non-hydrogen) atoms. The molecule has 0 atom stereocenters. The largest absolute Gasteiger partial charge is 0.468 e. The van der Waals surface area contributed by atoms with E-state index in [1.54, 1.807) is 18.2 Å². The van der Waals surface area contributed by atoms with E-state index < -0.39 is 5.41 Å². The van der Waals surface area contributed by atoms with Crippen molar-refractivity contribution in [2.24, 2.45) is 0 Å². The van der Waals surface area contributed by atoms with Crippen LogP contribution in [-0.4, -0.2) is 23.2 Å². The molecule has 2 aromatic rings. The van der Waals surface area contributed by atoms with Crippen molar-refractivity contribution < 1.29 is 14.1 Å². The van der Waals surface area contributed by atoms with Crippen LogP contribution < -0.4 is 0 Å². The van der Waals surface area contributed by atoms with Crippen molar-refractivity contribution in [3.05, 3.63) is 34.1 Å². The topological polar surface area (TPSA) is 65.2 Å². The summed E-state index contributed by atoms with van der Waals surface area (Å²) in [6.07, 6.45) is 1.30. The van der Waals surface area contributed by atoms with Crippen molar-refractivity contribution in [1.82, 2.24) is 10.1 Å². The molecule has 1 saturated carbocycles. The van der Waals surface area contributed by atoms with Crippen LogP contribution in [-0.2, 0) is 14.9 Å². The Hall–Kier alpha value is -1.59. The molecule has 1 aliphatic rings. The van der Waals surface area contributed by atoms with Gasteiger partial charge in [-0.15, -0.1) is 0 Å². The second-order valence-corrected chi connectivity index (χ2v) is 5.53. The summed E-state index contributed by atoms with van der Waals surface area (Å²) in [6, 6.07) is 4.98. The van der Waals surface area contributed by atoms with E-state index in [2.05, 4.69) is 10.1 Å². The van der Waals surface area contributed by atoms with Gasteiger partial charge in [0.15, 0.2) is 0 Å². The minimum absolute atomic E-state index is 0.274. The summed E-state index contributed by atoms with van der Waals surface area (Å²) in [6.45, 7) is 0. The SMILES string of the molecule is COC(=O)C1(c2nc(-c3cc(Cl)cc(Cl)c3)no2)CC1. The van der Waals surface area contributed by atoms with Crippen LogP contribution in [0.25, 0.3) is 11.4 Å². The summed E-state index contributed by atoms with van der Waals surface area (Å²) in [4.78, 5) is 16.0. The van der Waals surface area contributed by atoms with Gasteiger partial charge in [0, 0.05) is 15.6 Å². The summed E-state index contributed by atoms with van der Waals surface area (Å²) in [7, 11) is 1.34. The van der Waals surface area contributed by atoms with Crippen LogP contribution in [0.3, 0.4) is 0 Å². The highest BCUT2D eigenvalue weighted by Gasteiger charge is 2.57. The Balaban J connectivity index is 1.97. The Morgan fingerprint density at radius 3 is 2.50 bits per heavy atom. The molecule has 0 aliphatic heterocycles. The maximum absolute atomic E-state index is 11.8. The molecular weight excluding hydrogens is 303 g/mol. The number of ether oxygens (including phenoxy) is 1. The molecule has 0 radical (unpaired) electrons. The lowest BCUT2D eigenvalue weighted by Gasteiger charge is -2.05. The Morgan fingerprint density at radius 2 is 1.95 bits per heavy atom. The molecule has 5 nitrogen and oxygen atoms in total. The highest BCUT2D eigenvalue weighted by molar-refractivity contribution is 6.35. The smallest absolute Gasteiger partial charge is 0.321 e. The molecule has 3 rings (SSSR count). The lowest BCUT2D eigenvalue weighted by molar-refractivity contribution is -0.144. The summed E-state index contributed by atoms with van der Waals surface area (Å²) < 4.78 is 9.98. The first-order valence-electron chi connectivity index (χ1n) is 5.94. The maximum Gasteiger partial charge on any atom is 0.321 e. The number of carbonyl (C=O) groups excluding carboxylic acids is 1. The zero-order valence-electron chi connectivity index (χ0n) is 10.5. The Morgan fingerprint density at radius 1 is 1.30 bits per heavy atom. The van der Waals surface area contributed by atoms with Crippen LogP contribution in [0.5, 0.6) is 0 Å². The monoisotopic (exact) mass is 312 g/mol. The molecule has 0 unspecified atom stereocenters. The molecule has 0 amide bonds. The van der Waals surface area contributed by atoms with E-state index in [0.29, 0.717) is 34.3 Å². The number of benzene rings is 1. The van der Waals surface area contributed by atoms with Gasteiger partial charge in [0.25, 0.3) is 0 Å². The third-order valence-electron chi connectivity index (χ3n) is 3.28. The number of carbonyl (C=O) groups is 1. The van der Waals surface area contributed by atoms with E-state index in [4.69, 9.17) is 32.5 Å². The highest BCUT2D eigenvalue weighted by atomic mass is 35.5. The van der Waals surface area contributed by atoms with E-state index in [9.17, 15) is 4.79 Å². The maximum atomic E-state index is 11.8. The summed E-state index contributed by atoms with van der Waals surface area (Å²) in [5.41, 5.74) is -0.138. The van der Waals surface area contributed by atoms with Gasteiger partial charge in [0.2, 0.25) is 11.7 Å². The van der Waals surface area contributed by atoms with Gasteiger partial charge in [0.05, 0.1) is 7.11 Å². The van der Waals surface area contributed by atoms with Crippen LogP contribution >= 0.6 is 23.2 Å². The normalized spacial score (nSPS) is 15.9. The van der Waals surface area contributed by atoms with Crippen LogP contribution in [0, 0.1) is 0 Å². The summed E-state index contributed by atoms with van der Waals surface area (Å²) in [5, 5.41) is 4.84. The molecule has 0 saturated heterocycles. The summed E-state index contributed by atoms with van der Waals surface area (Å²) in [5.74, 6) is 0.270. The molecule has 1 heterocycles. The minimum Gasteiger partial charge on any atom is -0.468 e. The highest BCUT2D eigenvalue weighted by Crippen LogP contribution is 2.48. The van der Waals surface area contributed by atoms with E-state index >= 15 is 0 Å². The number of nitrogens with zero attached hydrogens (tertiary/aromatic N) is 2. The van der Waals surface area contributed by atoms with Gasteiger partial charge in [-0.25, -0.2) is 0 Å². The van der Waals surface area contributed by atoms with Crippen LogP contribution in [0.4, 0.5) is 0 Å². The first kappa shape index (κ1) is 13.4. The van der Waals surface area contributed by atoms with E-state index in [-0.39, 0.29) is 11.9 Å². The molecule has 0 N–H and O–H groups in total. The van der Waals surface area contributed by atoms with Gasteiger partial charge in [-0.2, -0.15) is 4.98 Å². The Bertz CT molecular complexity index is 660. The third-order valence-corrected chi connectivity index (χ3v) is 3.72. The zero-order valence-corrected chi connectivity index (χ0v) is 12.0. The predicted molar refractivity (Wildman–Crippen MR) is 72.7 cm³/mol. The van der Waals surface area contributed by atoms with Gasteiger partial charge in [-0.3, -0.25) is 4.79 Å². The number of rotatable bonds is 3. The number of halogens is 2. The lowest BCUT2D eigenvalue weighted by Crippen LogP contribution is -2.22.